The number of nitrogen functional groups attached to an aromatic ring is 2. The minimum atomic E-state index is 0.0165. The van der Waals surface area contributed by atoms with Gasteiger partial charge in [0.05, 0.1) is 0 Å². The maximum atomic E-state index is 7.58. The van der Waals surface area contributed by atoms with Gasteiger partial charge in [0.2, 0.25) is 0 Å². The topological polar surface area (TPSA) is 109 Å². The molecule has 3 rings (SSSR count). The quantitative estimate of drug-likeness (QED) is 0.406. The maximum Gasteiger partial charge on any atom is 0.122 e. The number of hydrogen-bond acceptors (Lipinski definition) is 3. The van der Waals surface area contributed by atoms with E-state index in [9.17, 15) is 0 Å². The number of nitrogens with two attached hydrogens (primary N) is 2. The summed E-state index contributed by atoms with van der Waals surface area (Å²) in [5.41, 5.74) is 15.5. The van der Waals surface area contributed by atoms with Crippen molar-refractivity contribution in [3.63, 3.8) is 0 Å². The van der Waals surface area contributed by atoms with Gasteiger partial charge < -0.3 is 16.2 Å². The van der Waals surface area contributed by atoms with Crippen LogP contribution in [0.1, 0.15) is 16.7 Å². The highest BCUT2D eigenvalue weighted by atomic mass is 16.5. The predicted molar refractivity (Wildman–Crippen MR) is 105 cm³/mol. The Balaban J connectivity index is 1.78. The summed E-state index contributed by atoms with van der Waals surface area (Å²) in [6.45, 7) is 0.404. The summed E-state index contributed by atoms with van der Waals surface area (Å²) in [6, 6.07) is 22.8. The van der Waals surface area contributed by atoms with Crippen LogP contribution in [-0.4, -0.2) is 11.7 Å². The van der Waals surface area contributed by atoms with E-state index < -0.39 is 0 Å². The fourth-order valence-electron chi connectivity index (χ4n) is 2.63. The maximum absolute atomic E-state index is 7.58. The lowest BCUT2D eigenvalue weighted by molar-refractivity contribution is 0.306. The molecule has 0 aliphatic rings. The Morgan fingerprint density at radius 3 is 2.00 bits per heavy atom. The standard InChI is InChI=1S/C21H20N4O/c22-20(23)17-7-2-6-16(11-17)15-5-1-4-14(10-15)13-26-19-9-3-8-18(12-19)21(24)25/h1-12H,13H2,(H3,22,23)(H3,24,25). The molecule has 0 amide bonds. The summed E-state index contributed by atoms with van der Waals surface area (Å²) in [5, 5.41) is 15.1. The summed E-state index contributed by atoms with van der Waals surface area (Å²) in [6.07, 6.45) is 0. The first-order valence-electron chi connectivity index (χ1n) is 8.14. The van der Waals surface area contributed by atoms with Gasteiger partial charge in [0.1, 0.15) is 24.0 Å². The monoisotopic (exact) mass is 344 g/mol. The summed E-state index contributed by atoms with van der Waals surface area (Å²) in [5.74, 6) is 0.737. The van der Waals surface area contributed by atoms with Gasteiger partial charge in [0.25, 0.3) is 0 Å². The summed E-state index contributed by atoms with van der Waals surface area (Å²) >= 11 is 0. The molecule has 0 aliphatic heterocycles. The molecule has 0 saturated heterocycles. The van der Waals surface area contributed by atoms with Crippen molar-refractivity contribution >= 4 is 11.7 Å². The number of benzene rings is 3. The fourth-order valence-corrected chi connectivity index (χ4v) is 2.63. The highest BCUT2D eigenvalue weighted by molar-refractivity contribution is 5.96. The molecule has 3 aromatic rings. The van der Waals surface area contributed by atoms with Crippen LogP contribution in [0.2, 0.25) is 0 Å². The van der Waals surface area contributed by atoms with E-state index in [-0.39, 0.29) is 11.7 Å². The SMILES string of the molecule is N=C(N)c1cccc(OCc2cccc(-c3cccc(C(=N)N)c3)c2)c1. The van der Waals surface area contributed by atoms with Crippen LogP contribution in [0.5, 0.6) is 5.75 Å². The van der Waals surface area contributed by atoms with Gasteiger partial charge in [-0.15, -0.1) is 0 Å². The summed E-state index contributed by atoms with van der Waals surface area (Å²) in [7, 11) is 0. The first-order chi connectivity index (χ1) is 12.5. The lowest BCUT2D eigenvalue weighted by Crippen LogP contribution is -2.10. The van der Waals surface area contributed by atoms with Crippen LogP contribution in [0.4, 0.5) is 0 Å². The average Bonchev–Trinajstić information content (AvgIpc) is 2.67. The van der Waals surface area contributed by atoms with Crippen molar-refractivity contribution in [2.24, 2.45) is 11.5 Å². The molecule has 0 aliphatic carbocycles. The van der Waals surface area contributed by atoms with Crippen molar-refractivity contribution in [1.82, 2.24) is 0 Å². The highest BCUT2D eigenvalue weighted by Gasteiger charge is 2.04. The second kappa shape index (κ2) is 7.53. The Morgan fingerprint density at radius 1 is 0.731 bits per heavy atom. The highest BCUT2D eigenvalue weighted by Crippen LogP contribution is 2.22. The molecule has 0 atom stereocenters. The Hall–Kier alpha value is -3.60. The van der Waals surface area contributed by atoms with E-state index in [1.54, 1.807) is 12.1 Å². The van der Waals surface area contributed by atoms with Crippen molar-refractivity contribution in [1.29, 1.82) is 10.8 Å². The Kier molecular flexibility index (Phi) is 4.99. The van der Waals surface area contributed by atoms with E-state index in [1.807, 2.05) is 60.7 Å². The molecule has 0 fully saturated rings. The molecule has 26 heavy (non-hydrogen) atoms. The molecule has 0 spiro atoms. The summed E-state index contributed by atoms with van der Waals surface area (Å²) < 4.78 is 5.83. The van der Waals surface area contributed by atoms with Crippen molar-refractivity contribution in [2.75, 3.05) is 0 Å². The minimum Gasteiger partial charge on any atom is -0.489 e. The van der Waals surface area contributed by atoms with Gasteiger partial charge in [0, 0.05) is 11.1 Å². The molecule has 3 aromatic carbocycles. The molecule has 5 nitrogen and oxygen atoms in total. The Bertz CT molecular complexity index is 965. The lowest BCUT2D eigenvalue weighted by atomic mass is 10.0. The predicted octanol–water partition coefficient (Wildman–Crippen LogP) is 3.50. The molecule has 6 N–H and O–H groups in total. The Morgan fingerprint density at radius 2 is 1.31 bits per heavy atom. The lowest BCUT2D eigenvalue weighted by Gasteiger charge is -2.10. The van der Waals surface area contributed by atoms with Gasteiger partial charge in [-0.1, -0.05) is 48.5 Å². The van der Waals surface area contributed by atoms with E-state index in [0.29, 0.717) is 23.5 Å². The van der Waals surface area contributed by atoms with Crippen LogP contribution in [0, 0.1) is 10.8 Å². The first kappa shape index (κ1) is 17.2. The normalized spacial score (nSPS) is 10.3. The van der Waals surface area contributed by atoms with E-state index in [1.165, 1.54) is 0 Å². The molecule has 0 aromatic heterocycles. The molecule has 0 heterocycles. The van der Waals surface area contributed by atoms with Gasteiger partial charge >= 0.3 is 0 Å². The van der Waals surface area contributed by atoms with E-state index in [4.69, 9.17) is 27.0 Å². The van der Waals surface area contributed by atoms with Gasteiger partial charge in [-0.05, 0) is 41.0 Å². The molecule has 0 radical (unpaired) electrons. The Labute approximate surface area is 152 Å². The number of ether oxygens (including phenoxy) is 1. The van der Waals surface area contributed by atoms with Crippen LogP contribution in [0.3, 0.4) is 0 Å². The molecule has 5 heteroatoms. The minimum absolute atomic E-state index is 0.0165. The van der Waals surface area contributed by atoms with E-state index >= 15 is 0 Å². The zero-order valence-corrected chi connectivity index (χ0v) is 14.2. The number of hydrogen-bond donors (Lipinski definition) is 4. The molecular weight excluding hydrogens is 324 g/mol. The third kappa shape index (κ3) is 4.08. The second-order valence-corrected chi connectivity index (χ2v) is 5.93. The molecule has 0 saturated carbocycles. The van der Waals surface area contributed by atoms with Crippen LogP contribution in [0.15, 0.2) is 72.8 Å². The second-order valence-electron chi connectivity index (χ2n) is 5.93. The zero-order valence-electron chi connectivity index (χ0n) is 14.2. The largest absolute Gasteiger partial charge is 0.489 e. The molecular formula is C21H20N4O. The van der Waals surface area contributed by atoms with Crippen molar-refractivity contribution in [3.8, 4) is 16.9 Å². The van der Waals surface area contributed by atoms with Crippen molar-refractivity contribution in [3.05, 3.63) is 89.5 Å². The third-order valence-corrected chi connectivity index (χ3v) is 3.98. The smallest absolute Gasteiger partial charge is 0.122 e. The van der Waals surface area contributed by atoms with Crippen molar-refractivity contribution < 1.29 is 4.74 Å². The number of nitrogens with one attached hydrogen (secondary N) is 2. The van der Waals surface area contributed by atoms with Gasteiger partial charge in [-0.25, -0.2) is 0 Å². The van der Waals surface area contributed by atoms with Crippen LogP contribution < -0.4 is 16.2 Å². The average molecular weight is 344 g/mol. The number of rotatable bonds is 6. The van der Waals surface area contributed by atoms with Gasteiger partial charge in [-0.3, -0.25) is 10.8 Å². The van der Waals surface area contributed by atoms with E-state index in [2.05, 4.69) is 0 Å². The van der Waals surface area contributed by atoms with E-state index in [0.717, 1.165) is 16.7 Å². The third-order valence-electron chi connectivity index (χ3n) is 3.98. The molecule has 0 bridgehead atoms. The van der Waals surface area contributed by atoms with Crippen LogP contribution in [0.25, 0.3) is 11.1 Å². The van der Waals surface area contributed by atoms with Crippen LogP contribution in [-0.2, 0) is 6.61 Å². The zero-order chi connectivity index (χ0) is 18.5. The molecule has 130 valence electrons. The van der Waals surface area contributed by atoms with Gasteiger partial charge in [0.15, 0.2) is 0 Å². The molecule has 0 unspecified atom stereocenters. The fraction of sp³-hybridized carbons (Fsp3) is 0.0476. The van der Waals surface area contributed by atoms with Gasteiger partial charge in [-0.2, -0.15) is 0 Å². The first-order valence-corrected chi connectivity index (χ1v) is 8.14. The number of amidine groups is 2. The summed E-state index contributed by atoms with van der Waals surface area (Å²) in [4.78, 5) is 0. The van der Waals surface area contributed by atoms with Crippen molar-refractivity contribution in [2.45, 2.75) is 6.61 Å². The van der Waals surface area contributed by atoms with Crippen LogP contribution >= 0.6 is 0 Å².